The molecule has 0 aliphatic rings. The Morgan fingerprint density at radius 1 is 1.06 bits per heavy atom. The minimum absolute atomic E-state index is 0. The molecule has 0 radical (unpaired) electrons. The van der Waals surface area contributed by atoms with Crippen LogP contribution in [0.1, 0.15) is 30.9 Å². The van der Waals surface area contributed by atoms with Crippen LogP contribution in [0.5, 0.6) is 11.5 Å². The Labute approximate surface area is 102 Å². The fourth-order valence-electron chi connectivity index (χ4n) is 1.51. The summed E-state index contributed by atoms with van der Waals surface area (Å²) in [5, 5.41) is 18.6. The van der Waals surface area contributed by atoms with E-state index in [1.165, 1.54) is 6.07 Å². The molecule has 1 rings (SSSR count). The van der Waals surface area contributed by atoms with Crippen molar-refractivity contribution < 1.29 is 10.2 Å². The molecule has 0 unspecified atom stereocenters. The van der Waals surface area contributed by atoms with Crippen LogP contribution in [0.2, 0.25) is 0 Å². The lowest BCUT2D eigenvalue weighted by molar-refractivity contribution is 0.447. The van der Waals surface area contributed by atoms with Crippen molar-refractivity contribution in [1.29, 1.82) is 0 Å². The van der Waals surface area contributed by atoms with Gasteiger partial charge in [-0.15, -0.1) is 12.4 Å². The van der Waals surface area contributed by atoms with Gasteiger partial charge in [0.15, 0.2) is 0 Å². The number of aromatic hydroxyl groups is 2. The van der Waals surface area contributed by atoms with Gasteiger partial charge in [-0.05, 0) is 37.1 Å². The van der Waals surface area contributed by atoms with Crippen LogP contribution >= 0.6 is 12.4 Å². The number of phenols is 2. The maximum Gasteiger partial charge on any atom is 0.119 e. The molecule has 1 atom stereocenters. The molecular weight excluding hydrogens is 228 g/mol. The Balaban J connectivity index is 0.00000225. The maximum absolute atomic E-state index is 9.28. The minimum atomic E-state index is -0.158. The van der Waals surface area contributed by atoms with Crippen LogP contribution in [0.25, 0.3) is 0 Å². The lowest BCUT2D eigenvalue weighted by Crippen LogP contribution is -2.10. The molecule has 0 aliphatic heterocycles. The van der Waals surface area contributed by atoms with Crippen LogP contribution in [0.3, 0.4) is 0 Å². The lowest BCUT2D eigenvalue weighted by atomic mass is 10.0. The van der Waals surface area contributed by atoms with Gasteiger partial charge in [-0.2, -0.15) is 0 Å². The van der Waals surface area contributed by atoms with Crippen LogP contribution in [-0.4, -0.2) is 16.8 Å². The van der Waals surface area contributed by atoms with Gasteiger partial charge in [0.25, 0.3) is 0 Å². The topological polar surface area (TPSA) is 92.5 Å². The maximum atomic E-state index is 9.28. The highest BCUT2D eigenvalue weighted by Gasteiger charge is 2.07. The standard InChI is InChI=1S/C11H18N2O2.ClH/c12-4-2-1-3-11(13)8-5-9(14)7-10(15)6-8;/h5-7,11,14-15H,1-4,12-13H2;1H/t11-;/m0./s1. The third kappa shape index (κ3) is 4.70. The van der Waals surface area contributed by atoms with Crippen molar-refractivity contribution >= 4 is 12.4 Å². The predicted octanol–water partition coefficient (Wildman–Crippen LogP) is 1.65. The van der Waals surface area contributed by atoms with E-state index in [0.717, 1.165) is 24.8 Å². The van der Waals surface area contributed by atoms with Crippen LogP contribution in [0.4, 0.5) is 0 Å². The third-order valence-electron chi connectivity index (χ3n) is 2.32. The first-order valence-electron chi connectivity index (χ1n) is 5.12. The average Bonchev–Trinajstić information content (AvgIpc) is 2.16. The number of rotatable bonds is 5. The number of unbranched alkanes of at least 4 members (excludes halogenated alkanes) is 1. The third-order valence-corrected chi connectivity index (χ3v) is 2.32. The second-order valence-corrected chi connectivity index (χ2v) is 3.67. The largest absolute Gasteiger partial charge is 0.508 e. The van der Waals surface area contributed by atoms with Gasteiger partial charge in [0.2, 0.25) is 0 Å². The van der Waals surface area contributed by atoms with Crippen LogP contribution < -0.4 is 11.5 Å². The molecule has 0 fully saturated rings. The first kappa shape index (κ1) is 15.0. The predicted molar refractivity (Wildman–Crippen MR) is 66.9 cm³/mol. The molecule has 0 saturated heterocycles. The second kappa shape index (κ2) is 7.33. The molecule has 16 heavy (non-hydrogen) atoms. The molecule has 0 saturated carbocycles. The molecular formula is C11H19ClN2O2. The number of halogens is 1. The van der Waals surface area contributed by atoms with E-state index in [9.17, 15) is 10.2 Å². The van der Waals surface area contributed by atoms with Gasteiger partial charge in [-0.25, -0.2) is 0 Å². The summed E-state index contributed by atoms with van der Waals surface area (Å²) in [5.74, 6) is 0.0820. The van der Waals surface area contributed by atoms with Gasteiger partial charge in [0, 0.05) is 12.1 Å². The SMILES string of the molecule is Cl.NCCCC[C@H](N)c1cc(O)cc(O)c1. The van der Waals surface area contributed by atoms with E-state index < -0.39 is 0 Å². The van der Waals surface area contributed by atoms with Gasteiger partial charge >= 0.3 is 0 Å². The zero-order valence-electron chi connectivity index (χ0n) is 9.10. The molecule has 0 aromatic heterocycles. The summed E-state index contributed by atoms with van der Waals surface area (Å²) in [5.41, 5.74) is 12.0. The highest BCUT2D eigenvalue weighted by molar-refractivity contribution is 5.85. The van der Waals surface area contributed by atoms with Crippen LogP contribution in [0.15, 0.2) is 18.2 Å². The zero-order chi connectivity index (χ0) is 11.3. The van der Waals surface area contributed by atoms with E-state index in [4.69, 9.17) is 11.5 Å². The van der Waals surface area contributed by atoms with E-state index in [2.05, 4.69) is 0 Å². The number of benzene rings is 1. The van der Waals surface area contributed by atoms with Crippen molar-refractivity contribution in [2.75, 3.05) is 6.54 Å². The molecule has 0 heterocycles. The minimum Gasteiger partial charge on any atom is -0.508 e. The highest BCUT2D eigenvalue weighted by atomic mass is 35.5. The van der Waals surface area contributed by atoms with Crippen molar-refractivity contribution in [3.63, 3.8) is 0 Å². The Bertz CT molecular complexity index is 301. The number of phenolic OH excluding ortho intramolecular Hbond substituents is 2. The molecule has 0 amide bonds. The van der Waals surface area contributed by atoms with E-state index >= 15 is 0 Å². The summed E-state index contributed by atoms with van der Waals surface area (Å²) in [6.45, 7) is 0.665. The quantitative estimate of drug-likeness (QED) is 0.595. The summed E-state index contributed by atoms with van der Waals surface area (Å²) >= 11 is 0. The second-order valence-electron chi connectivity index (χ2n) is 3.67. The Morgan fingerprint density at radius 2 is 1.62 bits per heavy atom. The summed E-state index contributed by atoms with van der Waals surface area (Å²) < 4.78 is 0. The summed E-state index contributed by atoms with van der Waals surface area (Å²) in [6.07, 6.45) is 2.70. The van der Waals surface area contributed by atoms with E-state index in [-0.39, 0.29) is 29.9 Å². The Kier molecular flexibility index (Phi) is 6.88. The highest BCUT2D eigenvalue weighted by Crippen LogP contribution is 2.25. The number of nitrogens with two attached hydrogens (primary N) is 2. The smallest absolute Gasteiger partial charge is 0.119 e. The molecule has 4 nitrogen and oxygen atoms in total. The Hall–Kier alpha value is -0.970. The molecule has 0 aliphatic carbocycles. The first-order chi connectivity index (χ1) is 7.13. The molecule has 1 aromatic carbocycles. The van der Waals surface area contributed by atoms with E-state index in [0.29, 0.717) is 6.54 Å². The van der Waals surface area contributed by atoms with Crippen molar-refractivity contribution in [1.82, 2.24) is 0 Å². The summed E-state index contributed by atoms with van der Waals surface area (Å²) in [6, 6.07) is 4.28. The van der Waals surface area contributed by atoms with Crippen molar-refractivity contribution in [2.24, 2.45) is 11.5 Å². The molecule has 5 heteroatoms. The van der Waals surface area contributed by atoms with Crippen LogP contribution in [-0.2, 0) is 0 Å². The van der Waals surface area contributed by atoms with Crippen LogP contribution in [0, 0.1) is 0 Å². The summed E-state index contributed by atoms with van der Waals surface area (Å²) in [7, 11) is 0. The number of hydrogen-bond donors (Lipinski definition) is 4. The van der Waals surface area contributed by atoms with Gasteiger partial charge in [-0.3, -0.25) is 0 Å². The lowest BCUT2D eigenvalue weighted by Gasteiger charge is -2.12. The number of hydrogen-bond acceptors (Lipinski definition) is 4. The molecule has 6 N–H and O–H groups in total. The molecule has 0 spiro atoms. The van der Waals surface area contributed by atoms with Gasteiger partial charge in [0.1, 0.15) is 11.5 Å². The zero-order valence-corrected chi connectivity index (χ0v) is 9.91. The van der Waals surface area contributed by atoms with E-state index in [1.54, 1.807) is 12.1 Å². The molecule has 1 aromatic rings. The normalized spacial score (nSPS) is 11.9. The Morgan fingerprint density at radius 3 is 2.12 bits per heavy atom. The van der Waals surface area contributed by atoms with Gasteiger partial charge < -0.3 is 21.7 Å². The fourth-order valence-corrected chi connectivity index (χ4v) is 1.51. The first-order valence-corrected chi connectivity index (χ1v) is 5.12. The monoisotopic (exact) mass is 246 g/mol. The van der Waals surface area contributed by atoms with Gasteiger partial charge in [0.05, 0.1) is 0 Å². The molecule has 0 bridgehead atoms. The van der Waals surface area contributed by atoms with Crippen molar-refractivity contribution in [3.8, 4) is 11.5 Å². The van der Waals surface area contributed by atoms with Crippen molar-refractivity contribution in [2.45, 2.75) is 25.3 Å². The van der Waals surface area contributed by atoms with Gasteiger partial charge in [-0.1, -0.05) is 6.42 Å². The van der Waals surface area contributed by atoms with Crippen molar-refractivity contribution in [3.05, 3.63) is 23.8 Å². The van der Waals surface area contributed by atoms with E-state index in [1.807, 2.05) is 0 Å². The molecule has 92 valence electrons. The fraction of sp³-hybridized carbons (Fsp3) is 0.455. The average molecular weight is 247 g/mol. The summed E-state index contributed by atoms with van der Waals surface area (Å²) in [4.78, 5) is 0.